The second-order valence-corrected chi connectivity index (χ2v) is 9.01. The van der Waals surface area contributed by atoms with Gasteiger partial charge in [-0.2, -0.15) is 0 Å². The molecular formula is C28H33N3O3. The number of morpholine rings is 1. The number of nitrogens with one attached hydrogen (secondary N) is 1. The van der Waals surface area contributed by atoms with Crippen molar-refractivity contribution in [2.75, 3.05) is 62.8 Å². The van der Waals surface area contributed by atoms with E-state index in [4.69, 9.17) is 9.47 Å². The van der Waals surface area contributed by atoms with Gasteiger partial charge in [0.25, 0.3) is 5.91 Å². The van der Waals surface area contributed by atoms with Crippen molar-refractivity contribution in [3.63, 3.8) is 0 Å². The Kier molecular flexibility index (Phi) is 7.27. The van der Waals surface area contributed by atoms with E-state index in [1.807, 2.05) is 54.6 Å². The summed E-state index contributed by atoms with van der Waals surface area (Å²) in [5, 5.41) is 5.11. The fourth-order valence-electron chi connectivity index (χ4n) is 4.81. The summed E-state index contributed by atoms with van der Waals surface area (Å²) in [5.41, 5.74) is 2.60. The van der Waals surface area contributed by atoms with Gasteiger partial charge in [0.05, 0.1) is 13.2 Å². The second kappa shape index (κ2) is 10.9. The first kappa shape index (κ1) is 22.7. The molecule has 0 saturated carbocycles. The molecule has 1 amide bonds. The van der Waals surface area contributed by atoms with Crippen LogP contribution in [-0.4, -0.2) is 63.4 Å². The summed E-state index contributed by atoms with van der Waals surface area (Å²) >= 11 is 0. The Morgan fingerprint density at radius 3 is 2.50 bits per heavy atom. The van der Waals surface area contributed by atoms with E-state index in [0.717, 1.165) is 73.8 Å². The highest BCUT2D eigenvalue weighted by atomic mass is 16.5. The van der Waals surface area contributed by atoms with Gasteiger partial charge in [0.15, 0.2) is 0 Å². The predicted octanol–water partition coefficient (Wildman–Crippen LogP) is 4.79. The minimum Gasteiger partial charge on any atom is -0.492 e. The van der Waals surface area contributed by atoms with E-state index in [9.17, 15) is 4.79 Å². The summed E-state index contributed by atoms with van der Waals surface area (Å²) in [6.45, 7) is 7.10. The number of piperidine rings is 1. The van der Waals surface area contributed by atoms with E-state index in [2.05, 4.69) is 21.2 Å². The number of nitrogens with zero attached hydrogens (tertiary/aromatic N) is 2. The molecule has 178 valence electrons. The number of ether oxygens (including phenoxy) is 2. The lowest BCUT2D eigenvalue weighted by atomic mass is 10.1. The number of anilines is 2. The SMILES string of the molecule is O=C(Nc1ccc(OCCN2CCOCC2)c2ccccc12)c1cccc(N2CCCCC2)c1. The smallest absolute Gasteiger partial charge is 0.255 e. The van der Waals surface area contributed by atoms with Gasteiger partial charge in [-0.15, -0.1) is 0 Å². The minimum absolute atomic E-state index is 0.0926. The van der Waals surface area contributed by atoms with Crippen LogP contribution in [0.1, 0.15) is 29.6 Å². The van der Waals surface area contributed by atoms with Crippen LogP contribution in [0.25, 0.3) is 10.8 Å². The van der Waals surface area contributed by atoms with Crippen LogP contribution in [0.3, 0.4) is 0 Å². The number of hydrogen-bond acceptors (Lipinski definition) is 5. The van der Waals surface area contributed by atoms with Crippen LogP contribution >= 0.6 is 0 Å². The molecule has 6 nitrogen and oxygen atoms in total. The average molecular weight is 460 g/mol. The van der Waals surface area contributed by atoms with Crippen molar-refractivity contribution in [2.45, 2.75) is 19.3 Å². The van der Waals surface area contributed by atoms with Crippen molar-refractivity contribution < 1.29 is 14.3 Å². The molecule has 3 aromatic carbocycles. The molecule has 0 aliphatic carbocycles. The third-order valence-corrected chi connectivity index (χ3v) is 6.73. The lowest BCUT2D eigenvalue weighted by Crippen LogP contribution is -2.38. The molecule has 34 heavy (non-hydrogen) atoms. The highest BCUT2D eigenvalue weighted by molar-refractivity contribution is 6.10. The molecule has 0 atom stereocenters. The molecule has 2 fully saturated rings. The monoisotopic (exact) mass is 459 g/mol. The third-order valence-electron chi connectivity index (χ3n) is 6.73. The van der Waals surface area contributed by atoms with Crippen LogP contribution in [0.4, 0.5) is 11.4 Å². The highest BCUT2D eigenvalue weighted by Crippen LogP contribution is 2.32. The van der Waals surface area contributed by atoms with Gasteiger partial charge in [0.2, 0.25) is 0 Å². The van der Waals surface area contributed by atoms with Crippen molar-refractivity contribution >= 4 is 28.1 Å². The van der Waals surface area contributed by atoms with Crippen molar-refractivity contribution in [3.05, 3.63) is 66.2 Å². The lowest BCUT2D eigenvalue weighted by molar-refractivity contribution is 0.0323. The summed E-state index contributed by atoms with van der Waals surface area (Å²) in [6, 6.07) is 19.9. The molecule has 3 aromatic rings. The Labute approximate surface area is 201 Å². The Morgan fingerprint density at radius 1 is 0.882 bits per heavy atom. The van der Waals surface area contributed by atoms with Gasteiger partial charge in [-0.1, -0.05) is 30.3 Å². The first-order valence-corrected chi connectivity index (χ1v) is 12.4. The summed E-state index contributed by atoms with van der Waals surface area (Å²) in [4.78, 5) is 17.9. The molecular weight excluding hydrogens is 426 g/mol. The molecule has 2 saturated heterocycles. The van der Waals surface area contributed by atoms with Crippen molar-refractivity contribution in [3.8, 4) is 5.75 Å². The Morgan fingerprint density at radius 2 is 1.68 bits per heavy atom. The zero-order valence-corrected chi connectivity index (χ0v) is 19.7. The van der Waals surface area contributed by atoms with E-state index < -0.39 is 0 Å². The predicted molar refractivity (Wildman–Crippen MR) is 137 cm³/mol. The normalized spacial score (nSPS) is 17.0. The second-order valence-electron chi connectivity index (χ2n) is 9.01. The number of rotatable bonds is 7. The van der Waals surface area contributed by atoms with Crippen LogP contribution < -0.4 is 15.0 Å². The molecule has 0 unspecified atom stereocenters. The van der Waals surface area contributed by atoms with Crippen LogP contribution in [0.5, 0.6) is 5.75 Å². The van der Waals surface area contributed by atoms with Gasteiger partial charge in [-0.25, -0.2) is 0 Å². The topological polar surface area (TPSA) is 54.0 Å². The molecule has 6 heteroatoms. The number of carbonyl (C=O) groups is 1. The molecule has 0 aromatic heterocycles. The highest BCUT2D eigenvalue weighted by Gasteiger charge is 2.15. The van der Waals surface area contributed by atoms with Crippen LogP contribution in [0.15, 0.2) is 60.7 Å². The molecule has 0 spiro atoms. The first-order chi connectivity index (χ1) is 16.8. The van der Waals surface area contributed by atoms with Gasteiger partial charge in [0.1, 0.15) is 12.4 Å². The maximum atomic E-state index is 13.1. The zero-order chi connectivity index (χ0) is 23.2. The van der Waals surface area contributed by atoms with Crippen LogP contribution in [0.2, 0.25) is 0 Å². The van der Waals surface area contributed by atoms with Gasteiger partial charge >= 0.3 is 0 Å². The molecule has 0 bridgehead atoms. The summed E-state index contributed by atoms with van der Waals surface area (Å²) in [7, 11) is 0. The lowest BCUT2D eigenvalue weighted by Gasteiger charge is -2.29. The number of amides is 1. The number of hydrogen-bond donors (Lipinski definition) is 1. The van der Waals surface area contributed by atoms with Crippen molar-refractivity contribution in [1.29, 1.82) is 0 Å². The van der Waals surface area contributed by atoms with E-state index >= 15 is 0 Å². The maximum Gasteiger partial charge on any atom is 0.255 e. The standard InChI is InChI=1S/C28H33N3O3/c32-28(22-7-6-8-23(21-22)31-13-4-1-5-14-31)29-26-11-12-27(25-10-3-2-9-24(25)26)34-20-17-30-15-18-33-19-16-30/h2-3,6-12,21H,1,4-5,13-20H2,(H,29,32). The quantitative estimate of drug-likeness (QED) is 0.550. The summed E-state index contributed by atoms with van der Waals surface area (Å²) in [6.07, 6.45) is 3.71. The molecule has 0 radical (unpaired) electrons. The third kappa shape index (κ3) is 5.34. The number of benzene rings is 3. The number of fused-ring (bicyclic) bond motifs is 1. The zero-order valence-electron chi connectivity index (χ0n) is 19.7. The van der Waals surface area contributed by atoms with Crippen LogP contribution in [-0.2, 0) is 4.74 Å². The van der Waals surface area contributed by atoms with E-state index in [-0.39, 0.29) is 5.91 Å². The fraction of sp³-hybridized carbons (Fsp3) is 0.393. The van der Waals surface area contributed by atoms with E-state index in [0.29, 0.717) is 12.2 Å². The van der Waals surface area contributed by atoms with Gasteiger partial charge in [-0.3, -0.25) is 9.69 Å². The fourth-order valence-corrected chi connectivity index (χ4v) is 4.81. The van der Waals surface area contributed by atoms with Gasteiger partial charge in [0, 0.05) is 60.4 Å². The largest absolute Gasteiger partial charge is 0.492 e. The van der Waals surface area contributed by atoms with Crippen molar-refractivity contribution in [2.24, 2.45) is 0 Å². The van der Waals surface area contributed by atoms with Crippen molar-refractivity contribution in [1.82, 2.24) is 4.90 Å². The molecule has 5 rings (SSSR count). The van der Waals surface area contributed by atoms with Gasteiger partial charge < -0.3 is 19.7 Å². The van der Waals surface area contributed by atoms with Crippen LogP contribution in [0, 0.1) is 0 Å². The first-order valence-electron chi connectivity index (χ1n) is 12.4. The van der Waals surface area contributed by atoms with Gasteiger partial charge in [-0.05, 0) is 49.6 Å². The van der Waals surface area contributed by atoms with E-state index in [1.54, 1.807) is 0 Å². The Bertz CT molecular complexity index is 1120. The Hall–Kier alpha value is -3.09. The summed E-state index contributed by atoms with van der Waals surface area (Å²) < 4.78 is 11.6. The maximum absolute atomic E-state index is 13.1. The average Bonchev–Trinajstić information content (AvgIpc) is 2.91. The Balaban J connectivity index is 1.29. The number of carbonyl (C=O) groups excluding carboxylic acids is 1. The molecule has 2 heterocycles. The molecule has 2 aliphatic rings. The molecule has 2 aliphatic heterocycles. The minimum atomic E-state index is -0.0926. The summed E-state index contributed by atoms with van der Waals surface area (Å²) in [5.74, 6) is 0.749. The molecule has 1 N–H and O–H groups in total. The van der Waals surface area contributed by atoms with E-state index in [1.165, 1.54) is 19.3 Å².